The van der Waals surface area contributed by atoms with Crippen LogP contribution in [0.5, 0.6) is 0 Å². The van der Waals surface area contributed by atoms with E-state index in [0.717, 1.165) is 17.7 Å². The molecule has 0 saturated carbocycles. The highest BCUT2D eigenvalue weighted by Crippen LogP contribution is 2.29. The molecule has 0 aliphatic carbocycles. The molecule has 0 aliphatic rings. The molecule has 3 rings (SSSR count). The summed E-state index contributed by atoms with van der Waals surface area (Å²) in [6.45, 7) is 7.44. The van der Waals surface area contributed by atoms with Crippen LogP contribution in [-0.4, -0.2) is 21.4 Å². The van der Waals surface area contributed by atoms with Gasteiger partial charge in [0.1, 0.15) is 16.7 Å². The molecule has 0 bridgehead atoms. The number of nitrogens with two attached hydrogens (primary N) is 1. The van der Waals surface area contributed by atoms with Gasteiger partial charge in [-0.15, -0.1) is 11.3 Å². The van der Waals surface area contributed by atoms with Crippen molar-refractivity contribution >= 4 is 39.1 Å². The predicted molar refractivity (Wildman–Crippen MR) is 120 cm³/mol. The summed E-state index contributed by atoms with van der Waals surface area (Å²) in [5, 5.41) is 3.28. The number of hydrogen-bond donors (Lipinski definition) is 2. The monoisotopic (exact) mass is 426 g/mol. The van der Waals surface area contributed by atoms with E-state index in [1.807, 2.05) is 45.0 Å². The standard InChI is InChI=1S/C22H26N4O3S/c1-5-9-16-25-21-17(22(29)26(16)15(6-2)19(23)27)13(4)18(30-21)20(28)24-14-11-8-7-10-12(14)3/h7-8,10-11,15H,5-6,9H2,1-4H3,(H2,23,27)(H,24,28). The van der Waals surface area contributed by atoms with Crippen LogP contribution in [0.25, 0.3) is 10.2 Å². The molecule has 2 aromatic heterocycles. The molecule has 30 heavy (non-hydrogen) atoms. The average Bonchev–Trinajstić information content (AvgIpc) is 3.03. The van der Waals surface area contributed by atoms with E-state index in [9.17, 15) is 14.4 Å². The number of benzene rings is 1. The lowest BCUT2D eigenvalue weighted by Gasteiger charge is -2.18. The lowest BCUT2D eigenvalue weighted by molar-refractivity contribution is -0.121. The van der Waals surface area contributed by atoms with Crippen molar-refractivity contribution in [3.8, 4) is 0 Å². The summed E-state index contributed by atoms with van der Waals surface area (Å²) in [5.41, 5.74) is 7.47. The van der Waals surface area contributed by atoms with Gasteiger partial charge in [0.25, 0.3) is 11.5 Å². The molecule has 0 saturated heterocycles. The molecule has 1 aromatic carbocycles. The predicted octanol–water partition coefficient (Wildman–Crippen LogP) is 3.72. The third-order valence-corrected chi connectivity index (χ3v) is 6.35. The van der Waals surface area contributed by atoms with Gasteiger partial charge in [-0.1, -0.05) is 32.0 Å². The van der Waals surface area contributed by atoms with Crippen LogP contribution in [0, 0.1) is 13.8 Å². The van der Waals surface area contributed by atoms with Gasteiger partial charge in [-0.3, -0.25) is 19.0 Å². The molecule has 0 aliphatic heterocycles. The third-order valence-electron chi connectivity index (χ3n) is 5.17. The van der Waals surface area contributed by atoms with Crippen LogP contribution in [0.3, 0.4) is 0 Å². The van der Waals surface area contributed by atoms with Crippen molar-refractivity contribution in [1.29, 1.82) is 0 Å². The molecule has 3 N–H and O–H groups in total. The summed E-state index contributed by atoms with van der Waals surface area (Å²) >= 11 is 1.20. The number of nitrogens with zero attached hydrogens (tertiary/aromatic N) is 2. The van der Waals surface area contributed by atoms with Crippen molar-refractivity contribution in [2.45, 2.75) is 53.0 Å². The third kappa shape index (κ3) is 3.87. The molecule has 7 nitrogen and oxygen atoms in total. The van der Waals surface area contributed by atoms with Gasteiger partial charge in [0.05, 0.1) is 10.3 Å². The number of thiophene rings is 1. The van der Waals surface area contributed by atoms with E-state index in [1.54, 1.807) is 6.92 Å². The van der Waals surface area contributed by atoms with Crippen molar-refractivity contribution in [2.75, 3.05) is 5.32 Å². The molecule has 3 aromatic rings. The number of hydrogen-bond acceptors (Lipinski definition) is 5. The fourth-order valence-corrected chi connectivity index (χ4v) is 4.66. The minimum absolute atomic E-state index is 0.283. The summed E-state index contributed by atoms with van der Waals surface area (Å²) < 4.78 is 1.41. The number of rotatable bonds is 7. The fraction of sp³-hybridized carbons (Fsp3) is 0.364. The Labute approximate surface area is 178 Å². The lowest BCUT2D eigenvalue weighted by atomic mass is 10.1. The maximum absolute atomic E-state index is 13.4. The van der Waals surface area contributed by atoms with E-state index in [1.165, 1.54) is 15.9 Å². The van der Waals surface area contributed by atoms with Crippen LogP contribution in [0.4, 0.5) is 5.69 Å². The molecule has 0 spiro atoms. The van der Waals surface area contributed by atoms with Crippen LogP contribution in [0.15, 0.2) is 29.1 Å². The van der Waals surface area contributed by atoms with E-state index >= 15 is 0 Å². The number of carbonyl (C=O) groups excluding carboxylic acids is 2. The highest BCUT2D eigenvalue weighted by Gasteiger charge is 2.26. The summed E-state index contributed by atoms with van der Waals surface area (Å²) in [4.78, 5) is 43.9. The van der Waals surface area contributed by atoms with Crippen molar-refractivity contribution in [1.82, 2.24) is 9.55 Å². The summed E-state index contributed by atoms with van der Waals surface area (Å²) in [6, 6.07) is 6.74. The molecule has 158 valence electrons. The first-order chi connectivity index (χ1) is 14.3. The molecule has 2 heterocycles. The first kappa shape index (κ1) is 21.7. The van der Waals surface area contributed by atoms with Crippen LogP contribution >= 0.6 is 11.3 Å². The van der Waals surface area contributed by atoms with E-state index in [0.29, 0.717) is 39.3 Å². The molecule has 0 radical (unpaired) electrons. The van der Waals surface area contributed by atoms with Gasteiger partial charge < -0.3 is 11.1 Å². The van der Waals surface area contributed by atoms with E-state index < -0.39 is 11.9 Å². The Bertz CT molecular complexity index is 1180. The second-order valence-corrected chi connectivity index (χ2v) is 8.28. The maximum Gasteiger partial charge on any atom is 0.266 e. The summed E-state index contributed by atoms with van der Waals surface area (Å²) in [7, 11) is 0. The SMILES string of the molecule is CCCc1nc2sc(C(=O)Nc3ccccc3C)c(C)c2c(=O)n1C(CC)C(N)=O. The van der Waals surface area contributed by atoms with Gasteiger partial charge in [-0.2, -0.15) is 0 Å². The number of amides is 2. The normalized spacial score (nSPS) is 12.1. The molecule has 8 heteroatoms. The quantitative estimate of drug-likeness (QED) is 0.600. The van der Waals surface area contributed by atoms with Crippen LogP contribution in [0.2, 0.25) is 0 Å². The largest absolute Gasteiger partial charge is 0.368 e. The number of primary amides is 1. The highest BCUT2D eigenvalue weighted by atomic mass is 32.1. The lowest BCUT2D eigenvalue weighted by Crippen LogP contribution is -2.36. The number of carbonyl (C=O) groups is 2. The second kappa shape index (κ2) is 8.79. The van der Waals surface area contributed by atoms with Crippen molar-refractivity contribution < 1.29 is 9.59 Å². The van der Waals surface area contributed by atoms with Gasteiger partial charge in [-0.05, 0) is 43.9 Å². The minimum atomic E-state index is -0.764. The van der Waals surface area contributed by atoms with Gasteiger partial charge in [0, 0.05) is 12.1 Å². The molecule has 1 unspecified atom stereocenters. The van der Waals surface area contributed by atoms with E-state index in [4.69, 9.17) is 5.73 Å². The fourth-order valence-electron chi connectivity index (χ4n) is 3.58. The van der Waals surface area contributed by atoms with Gasteiger partial charge >= 0.3 is 0 Å². The first-order valence-corrected chi connectivity index (χ1v) is 10.8. The number of aromatic nitrogens is 2. The Morgan fingerprint density at radius 3 is 2.53 bits per heavy atom. The summed E-state index contributed by atoms with van der Waals surface area (Å²) in [6.07, 6.45) is 1.69. The van der Waals surface area contributed by atoms with E-state index in [-0.39, 0.29) is 11.5 Å². The topological polar surface area (TPSA) is 107 Å². The van der Waals surface area contributed by atoms with Crippen LogP contribution in [0.1, 0.15) is 59.4 Å². The molecule has 0 fully saturated rings. The Kier molecular flexibility index (Phi) is 6.36. The van der Waals surface area contributed by atoms with Gasteiger partial charge in [0.2, 0.25) is 5.91 Å². The van der Waals surface area contributed by atoms with E-state index in [2.05, 4.69) is 10.3 Å². The van der Waals surface area contributed by atoms with Gasteiger partial charge in [-0.25, -0.2) is 4.98 Å². The van der Waals surface area contributed by atoms with Crippen molar-refractivity contribution in [2.24, 2.45) is 5.73 Å². The zero-order chi connectivity index (χ0) is 22.0. The molecule has 1 atom stereocenters. The second-order valence-electron chi connectivity index (χ2n) is 7.28. The number of para-hydroxylation sites is 1. The number of fused-ring (bicyclic) bond motifs is 1. The first-order valence-electron chi connectivity index (χ1n) is 10.0. The number of anilines is 1. The van der Waals surface area contributed by atoms with Crippen LogP contribution < -0.4 is 16.6 Å². The smallest absolute Gasteiger partial charge is 0.266 e. The molecule has 2 amide bonds. The Morgan fingerprint density at radius 2 is 1.93 bits per heavy atom. The number of nitrogens with one attached hydrogen (secondary N) is 1. The van der Waals surface area contributed by atoms with Crippen molar-refractivity contribution in [3.05, 3.63) is 56.4 Å². The zero-order valence-corrected chi connectivity index (χ0v) is 18.4. The zero-order valence-electron chi connectivity index (χ0n) is 17.6. The number of aryl methyl sites for hydroxylation is 3. The molecular weight excluding hydrogens is 400 g/mol. The maximum atomic E-state index is 13.4. The Balaban J connectivity index is 2.16. The Morgan fingerprint density at radius 1 is 1.23 bits per heavy atom. The highest BCUT2D eigenvalue weighted by molar-refractivity contribution is 7.20. The average molecular weight is 427 g/mol. The Hall–Kier alpha value is -3.00. The van der Waals surface area contributed by atoms with Crippen molar-refractivity contribution in [3.63, 3.8) is 0 Å². The molecular formula is C22H26N4O3S. The summed E-state index contributed by atoms with van der Waals surface area (Å²) in [5.74, 6) is -0.328. The minimum Gasteiger partial charge on any atom is -0.368 e. The van der Waals surface area contributed by atoms with Crippen LogP contribution in [-0.2, 0) is 11.2 Å². The van der Waals surface area contributed by atoms with Gasteiger partial charge in [0.15, 0.2) is 0 Å².